The van der Waals surface area contributed by atoms with Crippen molar-refractivity contribution in [1.82, 2.24) is 10.3 Å². The zero-order chi connectivity index (χ0) is 25.8. The highest BCUT2D eigenvalue weighted by molar-refractivity contribution is 7.91. The first-order chi connectivity index (χ1) is 16.6. The molecule has 0 radical (unpaired) electrons. The fourth-order valence-electron chi connectivity index (χ4n) is 3.58. The molecule has 0 aliphatic rings. The second kappa shape index (κ2) is 11.2. The van der Waals surface area contributed by atoms with Crippen molar-refractivity contribution >= 4 is 38.9 Å². The number of nitrogens with one attached hydrogen (secondary N) is 1. The van der Waals surface area contributed by atoms with E-state index in [0.717, 1.165) is 12.0 Å². The second-order valence-corrected chi connectivity index (χ2v) is 11.5. The van der Waals surface area contributed by atoms with Crippen molar-refractivity contribution in [3.05, 3.63) is 81.1 Å². The lowest BCUT2D eigenvalue weighted by Gasteiger charge is -2.14. The van der Waals surface area contributed by atoms with Gasteiger partial charge in [0, 0.05) is 11.8 Å². The number of rotatable bonds is 8. The fraction of sp³-hybridized carbons (Fsp3) is 0.269. The SMILES string of the molecule is CCS(=O)(=O)c1ccc(CNC(=O)c2cc(Cl)c(-c3ccc(CC(C)C)cc3)c(Cl)c2C#N)nc1. The van der Waals surface area contributed by atoms with Crippen molar-refractivity contribution in [1.29, 1.82) is 5.26 Å². The number of nitrogens with zero attached hydrogens (tertiary/aromatic N) is 2. The number of hydrogen-bond donors (Lipinski definition) is 1. The average molecular weight is 530 g/mol. The molecule has 3 aromatic rings. The van der Waals surface area contributed by atoms with Crippen LogP contribution in [0.25, 0.3) is 11.1 Å². The van der Waals surface area contributed by atoms with Crippen LogP contribution >= 0.6 is 23.2 Å². The number of halogens is 2. The summed E-state index contributed by atoms with van der Waals surface area (Å²) in [6.07, 6.45) is 2.20. The summed E-state index contributed by atoms with van der Waals surface area (Å²) in [5, 5.41) is 12.8. The highest BCUT2D eigenvalue weighted by Gasteiger charge is 2.22. The monoisotopic (exact) mass is 529 g/mol. The van der Waals surface area contributed by atoms with Gasteiger partial charge in [-0.3, -0.25) is 9.78 Å². The molecule has 0 fully saturated rings. The summed E-state index contributed by atoms with van der Waals surface area (Å²) in [5.74, 6) is -0.0498. The first-order valence-corrected chi connectivity index (χ1v) is 13.5. The van der Waals surface area contributed by atoms with Gasteiger partial charge >= 0.3 is 0 Å². The molecule has 35 heavy (non-hydrogen) atoms. The second-order valence-electron chi connectivity index (χ2n) is 8.45. The third kappa shape index (κ3) is 6.21. The average Bonchev–Trinajstić information content (AvgIpc) is 2.83. The number of sulfone groups is 1. The highest BCUT2D eigenvalue weighted by atomic mass is 35.5. The highest BCUT2D eigenvalue weighted by Crippen LogP contribution is 2.39. The minimum atomic E-state index is -3.36. The van der Waals surface area contributed by atoms with Crippen LogP contribution in [-0.4, -0.2) is 25.1 Å². The zero-order valence-corrected chi connectivity index (χ0v) is 21.9. The van der Waals surface area contributed by atoms with Crippen LogP contribution < -0.4 is 5.32 Å². The molecular weight excluding hydrogens is 505 g/mol. The molecule has 0 aliphatic carbocycles. The fourth-order valence-corrected chi connectivity index (χ4v) is 5.12. The number of carbonyl (C=O) groups is 1. The van der Waals surface area contributed by atoms with Gasteiger partial charge in [-0.15, -0.1) is 0 Å². The maximum Gasteiger partial charge on any atom is 0.253 e. The summed E-state index contributed by atoms with van der Waals surface area (Å²) in [6.45, 7) is 5.88. The summed E-state index contributed by atoms with van der Waals surface area (Å²) in [5.41, 5.74) is 2.96. The van der Waals surface area contributed by atoms with Crippen molar-refractivity contribution in [2.45, 2.75) is 38.6 Å². The van der Waals surface area contributed by atoms with E-state index in [1.54, 1.807) is 6.92 Å². The molecule has 0 unspecified atom stereocenters. The van der Waals surface area contributed by atoms with E-state index in [9.17, 15) is 18.5 Å². The Hall–Kier alpha value is -2.92. The van der Waals surface area contributed by atoms with E-state index in [1.165, 1.54) is 30.0 Å². The van der Waals surface area contributed by atoms with Crippen LogP contribution in [0, 0.1) is 17.2 Å². The quantitative estimate of drug-likeness (QED) is 0.394. The van der Waals surface area contributed by atoms with E-state index < -0.39 is 15.7 Å². The first-order valence-electron chi connectivity index (χ1n) is 11.0. The number of nitriles is 1. The number of aromatic nitrogens is 1. The van der Waals surface area contributed by atoms with E-state index in [2.05, 4.69) is 24.1 Å². The molecular formula is C26H25Cl2N3O3S. The Labute approximate surface area is 215 Å². The Bertz CT molecular complexity index is 1380. The van der Waals surface area contributed by atoms with Gasteiger partial charge in [0.25, 0.3) is 5.91 Å². The van der Waals surface area contributed by atoms with Gasteiger partial charge in [-0.05, 0) is 41.7 Å². The molecule has 2 aromatic carbocycles. The summed E-state index contributed by atoms with van der Waals surface area (Å²) in [7, 11) is -3.36. The summed E-state index contributed by atoms with van der Waals surface area (Å²) in [6, 6.07) is 14.2. The third-order valence-corrected chi connectivity index (χ3v) is 7.82. The molecule has 0 bridgehead atoms. The minimum absolute atomic E-state index is 0.0205. The predicted octanol–water partition coefficient (Wildman–Crippen LogP) is 5.85. The van der Waals surface area contributed by atoms with Crippen molar-refractivity contribution in [3.8, 4) is 17.2 Å². The first kappa shape index (κ1) is 26.7. The standard InChI is InChI=1S/C26H25Cl2N3O3S/c1-4-35(33,34)20-10-9-19(30-15-20)14-31-26(32)21-12-23(27)24(25(28)22(21)13-29)18-7-5-17(6-8-18)11-16(2)3/h5-10,12,15-16H,4,11,14H2,1-3H3,(H,31,32). The number of pyridine rings is 1. The van der Waals surface area contributed by atoms with Gasteiger partial charge in [-0.25, -0.2) is 8.42 Å². The van der Waals surface area contributed by atoms with Gasteiger partial charge in [-0.1, -0.05) is 68.2 Å². The molecule has 1 N–H and O–H groups in total. The van der Waals surface area contributed by atoms with Crippen LogP contribution in [0.15, 0.2) is 53.6 Å². The van der Waals surface area contributed by atoms with Crippen molar-refractivity contribution in [3.63, 3.8) is 0 Å². The van der Waals surface area contributed by atoms with Crippen LogP contribution in [0.2, 0.25) is 10.0 Å². The topological polar surface area (TPSA) is 99.9 Å². The van der Waals surface area contributed by atoms with E-state index in [0.29, 0.717) is 17.2 Å². The molecule has 9 heteroatoms. The van der Waals surface area contributed by atoms with E-state index in [-0.39, 0.29) is 38.4 Å². The number of amides is 1. The number of benzene rings is 2. The largest absolute Gasteiger partial charge is 0.346 e. The Morgan fingerprint density at radius 1 is 1.14 bits per heavy atom. The maximum absolute atomic E-state index is 12.9. The molecule has 0 atom stereocenters. The predicted molar refractivity (Wildman–Crippen MR) is 138 cm³/mol. The molecule has 0 aliphatic heterocycles. The van der Waals surface area contributed by atoms with Crippen molar-refractivity contribution < 1.29 is 13.2 Å². The Morgan fingerprint density at radius 3 is 2.37 bits per heavy atom. The van der Waals surface area contributed by atoms with Gasteiger partial charge in [0.2, 0.25) is 0 Å². The molecule has 1 heterocycles. The van der Waals surface area contributed by atoms with Crippen LogP contribution in [0.1, 0.15) is 48.0 Å². The Morgan fingerprint density at radius 2 is 1.83 bits per heavy atom. The lowest BCUT2D eigenvalue weighted by Crippen LogP contribution is -2.24. The van der Waals surface area contributed by atoms with Gasteiger partial charge in [-0.2, -0.15) is 5.26 Å². The molecule has 1 amide bonds. The summed E-state index contributed by atoms with van der Waals surface area (Å²) >= 11 is 13.1. The van der Waals surface area contributed by atoms with E-state index in [4.69, 9.17) is 23.2 Å². The maximum atomic E-state index is 12.9. The zero-order valence-electron chi connectivity index (χ0n) is 19.6. The lowest BCUT2D eigenvalue weighted by molar-refractivity contribution is 0.0950. The molecule has 0 saturated heterocycles. The molecule has 0 saturated carbocycles. The summed E-state index contributed by atoms with van der Waals surface area (Å²) in [4.78, 5) is 17.1. The molecule has 182 valence electrons. The summed E-state index contributed by atoms with van der Waals surface area (Å²) < 4.78 is 23.8. The molecule has 3 rings (SSSR count). The van der Waals surface area contributed by atoms with Gasteiger partial charge in [0.1, 0.15) is 6.07 Å². The third-order valence-electron chi connectivity index (χ3n) is 5.43. The van der Waals surface area contributed by atoms with Crippen LogP contribution in [0.4, 0.5) is 0 Å². The van der Waals surface area contributed by atoms with Gasteiger partial charge in [0.05, 0.1) is 44.1 Å². The van der Waals surface area contributed by atoms with Crippen molar-refractivity contribution in [2.75, 3.05) is 5.75 Å². The van der Waals surface area contributed by atoms with Crippen LogP contribution in [0.5, 0.6) is 0 Å². The molecule has 6 nitrogen and oxygen atoms in total. The normalized spacial score (nSPS) is 11.3. The van der Waals surface area contributed by atoms with Crippen LogP contribution in [-0.2, 0) is 22.8 Å². The van der Waals surface area contributed by atoms with E-state index >= 15 is 0 Å². The smallest absolute Gasteiger partial charge is 0.253 e. The van der Waals surface area contributed by atoms with Gasteiger partial charge in [0.15, 0.2) is 9.84 Å². The Balaban J connectivity index is 1.84. The van der Waals surface area contributed by atoms with Gasteiger partial charge < -0.3 is 5.32 Å². The van der Waals surface area contributed by atoms with E-state index in [1.807, 2.05) is 30.3 Å². The molecule has 0 spiro atoms. The molecule has 1 aromatic heterocycles. The van der Waals surface area contributed by atoms with Crippen LogP contribution in [0.3, 0.4) is 0 Å². The number of hydrogen-bond acceptors (Lipinski definition) is 5. The number of carbonyl (C=O) groups excluding carboxylic acids is 1. The Kier molecular flexibility index (Phi) is 8.55. The van der Waals surface area contributed by atoms with Crippen molar-refractivity contribution in [2.24, 2.45) is 5.92 Å². The lowest BCUT2D eigenvalue weighted by atomic mass is 9.96. The minimum Gasteiger partial charge on any atom is -0.346 e.